The first kappa shape index (κ1) is 21.4. The van der Waals surface area contributed by atoms with E-state index in [0.29, 0.717) is 17.7 Å². The van der Waals surface area contributed by atoms with Gasteiger partial charge in [0.2, 0.25) is 5.91 Å². The molecule has 3 heterocycles. The van der Waals surface area contributed by atoms with Gasteiger partial charge in [0.15, 0.2) is 0 Å². The summed E-state index contributed by atoms with van der Waals surface area (Å²) in [6.07, 6.45) is 5.19. The summed E-state index contributed by atoms with van der Waals surface area (Å²) in [7, 11) is 0. The lowest BCUT2D eigenvalue weighted by molar-refractivity contribution is -0.131. The summed E-state index contributed by atoms with van der Waals surface area (Å²) in [4.78, 5) is 23.1. The van der Waals surface area contributed by atoms with Crippen LogP contribution in [0, 0.1) is 18.8 Å². The van der Waals surface area contributed by atoms with Crippen LogP contribution in [0.5, 0.6) is 0 Å². The molecule has 0 unspecified atom stereocenters. The predicted molar refractivity (Wildman–Crippen MR) is 145 cm³/mol. The number of aromatic nitrogens is 3. The van der Waals surface area contributed by atoms with Crippen LogP contribution in [0.4, 0.5) is 0 Å². The van der Waals surface area contributed by atoms with Gasteiger partial charge in [0, 0.05) is 42.8 Å². The number of nitrogens with one attached hydrogen (secondary N) is 1. The van der Waals surface area contributed by atoms with Crippen molar-refractivity contribution >= 4 is 27.8 Å². The maximum Gasteiger partial charge on any atom is 0.225 e. The summed E-state index contributed by atoms with van der Waals surface area (Å²) in [6.45, 7) is 4.77. The van der Waals surface area contributed by atoms with E-state index in [9.17, 15) is 4.79 Å². The Labute approximate surface area is 210 Å². The molecule has 1 aliphatic heterocycles. The predicted octanol–water partition coefficient (Wildman–Crippen LogP) is 6.42. The van der Waals surface area contributed by atoms with Gasteiger partial charge in [-0.15, -0.1) is 0 Å². The van der Waals surface area contributed by atoms with Gasteiger partial charge in [0.25, 0.3) is 0 Å². The third-order valence-corrected chi connectivity index (χ3v) is 7.90. The maximum atomic E-state index is 12.6. The molecule has 2 aromatic heterocycles. The summed E-state index contributed by atoms with van der Waals surface area (Å²) >= 11 is 0. The number of nitrogens with zero attached hydrogens (tertiary/aromatic N) is 3. The van der Waals surface area contributed by atoms with E-state index in [2.05, 4.69) is 88.1 Å². The zero-order chi connectivity index (χ0) is 24.2. The van der Waals surface area contributed by atoms with Crippen LogP contribution >= 0.6 is 0 Å². The summed E-state index contributed by atoms with van der Waals surface area (Å²) in [5, 5.41) is 1.22. The number of hydrogen-bond acceptors (Lipinski definition) is 2. The van der Waals surface area contributed by atoms with Crippen LogP contribution in [0.2, 0.25) is 0 Å². The second-order valence-electron chi connectivity index (χ2n) is 10.6. The highest BCUT2D eigenvalue weighted by Crippen LogP contribution is 2.34. The molecule has 0 radical (unpaired) electrons. The number of carbonyl (C=O) groups is 1. The number of amides is 1. The van der Waals surface area contributed by atoms with E-state index < -0.39 is 0 Å². The highest BCUT2D eigenvalue weighted by Gasteiger charge is 2.36. The van der Waals surface area contributed by atoms with Crippen LogP contribution in [0.1, 0.15) is 24.8 Å². The molecule has 2 aliphatic rings. The van der Waals surface area contributed by atoms with Gasteiger partial charge in [-0.2, -0.15) is 0 Å². The van der Waals surface area contributed by atoms with Gasteiger partial charge in [-0.25, -0.2) is 4.98 Å². The quantitative estimate of drug-likeness (QED) is 0.320. The van der Waals surface area contributed by atoms with Crippen LogP contribution in [0.25, 0.3) is 44.5 Å². The lowest BCUT2D eigenvalue weighted by Gasteiger charge is -2.18. The first-order valence-electron chi connectivity index (χ1n) is 13.1. The minimum atomic E-state index is 0.299. The van der Waals surface area contributed by atoms with Gasteiger partial charge in [0.05, 0.1) is 11.0 Å². The fourth-order valence-corrected chi connectivity index (χ4v) is 5.71. The molecule has 1 saturated carbocycles. The zero-order valence-electron chi connectivity index (χ0n) is 20.6. The van der Waals surface area contributed by atoms with Gasteiger partial charge in [0.1, 0.15) is 5.82 Å². The molecule has 1 N–H and O–H groups in total. The third kappa shape index (κ3) is 3.79. The second kappa shape index (κ2) is 8.37. The number of likely N-dealkylation sites (tertiary alicyclic amines) is 1. The smallest absolute Gasteiger partial charge is 0.225 e. The molecule has 1 atom stereocenters. The molecular formula is C31H30N4O. The monoisotopic (exact) mass is 474 g/mol. The molecule has 1 amide bonds. The first-order chi connectivity index (χ1) is 17.6. The zero-order valence-corrected chi connectivity index (χ0v) is 20.6. The Bertz CT molecular complexity index is 1590. The van der Waals surface area contributed by atoms with E-state index >= 15 is 0 Å². The Morgan fingerprint density at radius 1 is 0.944 bits per heavy atom. The molecule has 1 saturated heterocycles. The summed E-state index contributed by atoms with van der Waals surface area (Å²) in [6, 6.07) is 23.9. The van der Waals surface area contributed by atoms with Crippen LogP contribution in [-0.4, -0.2) is 38.4 Å². The number of aromatic amines is 1. The van der Waals surface area contributed by atoms with Crippen molar-refractivity contribution in [1.29, 1.82) is 0 Å². The van der Waals surface area contributed by atoms with Gasteiger partial charge in [-0.05, 0) is 84.5 Å². The van der Waals surface area contributed by atoms with E-state index in [4.69, 9.17) is 4.98 Å². The molecule has 0 spiro atoms. The first-order valence-corrected chi connectivity index (χ1v) is 13.1. The van der Waals surface area contributed by atoms with Crippen molar-refractivity contribution in [1.82, 2.24) is 19.4 Å². The Morgan fingerprint density at radius 3 is 2.58 bits per heavy atom. The topological polar surface area (TPSA) is 53.9 Å². The molecule has 7 rings (SSSR count). The van der Waals surface area contributed by atoms with Crippen LogP contribution in [0.15, 0.2) is 72.9 Å². The fourth-order valence-electron chi connectivity index (χ4n) is 5.71. The molecule has 5 heteroatoms. The van der Waals surface area contributed by atoms with Crippen molar-refractivity contribution in [2.24, 2.45) is 11.8 Å². The van der Waals surface area contributed by atoms with Crippen LogP contribution in [-0.2, 0) is 11.3 Å². The maximum absolute atomic E-state index is 12.6. The summed E-state index contributed by atoms with van der Waals surface area (Å²) in [5.41, 5.74) is 8.14. The SMILES string of the molecule is Cc1ccc2nc(-c3ccc(-c4ccc5[nH]ccc5c4)cc3)n(C[C@H]3CCN(C(=O)C4CC4)C3)c2c1. The molecular weight excluding hydrogens is 444 g/mol. The van der Waals surface area contributed by atoms with Gasteiger partial charge < -0.3 is 14.5 Å². The number of hydrogen-bond donors (Lipinski definition) is 1. The summed E-state index contributed by atoms with van der Waals surface area (Å²) < 4.78 is 2.39. The molecule has 1 aliphatic carbocycles. The number of aryl methyl sites for hydroxylation is 1. The molecule has 5 aromatic rings. The lowest BCUT2D eigenvalue weighted by atomic mass is 10.0. The summed E-state index contributed by atoms with van der Waals surface area (Å²) in [5.74, 6) is 2.14. The number of fused-ring (bicyclic) bond motifs is 2. The van der Waals surface area contributed by atoms with E-state index in [1.807, 2.05) is 6.20 Å². The van der Waals surface area contributed by atoms with Crippen molar-refractivity contribution in [3.8, 4) is 22.5 Å². The second-order valence-corrected chi connectivity index (χ2v) is 10.6. The number of benzene rings is 3. The van der Waals surface area contributed by atoms with E-state index in [1.165, 1.54) is 27.6 Å². The van der Waals surface area contributed by atoms with Gasteiger partial charge >= 0.3 is 0 Å². The average Bonchev–Trinajstić information content (AvgIpc) is 3.30. The molecule has 3 aromatic carbocycles. The standard InChI is InChI=1S/C31H30N4O/c1-20-2-10-28-29(16-20)35(19-21-13-15-34(18-21)31(36)24-7-8-24)30(33-28)23-5-3-22(4-6-23)25-9-11-27-26(17-25)12-14-32-27/h2-6,9-12,14,16-17,21,24,32H,7-8,13,15,18-19H2,1H3/t21-/m0/s1. The van der Waals surface area contributed by atoms with Crippen molar-refractivity contribution < 1.29 is 4.79 Å². The Kier molecular flexibility index (Phi) is 4.98. The van der Waals surface area contributed by atoms with Gasteiger partial charge in [-0.3, -0.25) is 4.79 Å². The fraction of sp³-hybridized carbons (Fsp3) is 0.290. The third-order valence-electron chi connectivity index (χ3n) is 7.90. The normalized spacial score (nSPS) is 17.9. The molecule has 36 heavy (non-hydrogen) atoms. The Hall–Kier alpha value is -3.86. The van der Waals surface area contributed by atoms with Crippen molar-refractivity contribution in [3.63, 3.8) is 0 Å². The van der Waals surface area contributed by atoms with Crippen molar-refractivity contribution in [2.45, 2.75) is 32.7 Å². The Morgan fingerprint density at radius 2 is 1.75 bits per heavy atom. The minimum Gasteiger partial charge on any atom is -0.361 e. The highest BCUT2D eigenvalue weighted by molar-refractivity contribution is 5.86. The van der Waals surface area contributed by atoms with E-state index in [0.717, 1.165) is 61.3 Å². The number of rotatable bonds is 5. The average molecular weight is 475 g/mol. The number of imidazole rings is 1. The molecule has 180 valence electrons. The largest absolute Gasteiger partial charge is 0.361 e. The van der Waals surface area contributed by atoms with Gasteiger partial charge in [-0.1, -0.05) is 36.4 Å². The molecule has 0 bridgehead atoms. The van der Waals surface area contributed by atoms with E-state index in [1.54, 1.807) is 0 Å². The highest BCUT2D eigenvalue weighted by atomic mass is 16.2. The number of carbonyl (C=O) groups excluding carboxylic acids is 1. The molecule has 2 fully saturated rings. The van der Waals surface area contributed by atoms with Crippen LogP contribution < -0.4 is 0 Å². The van der Waals surface area contributed by atoms with E-state index in [-0.39, 0.29) is 0 Å². The lowest BCUT2D eigenvalue weighted by Crippen LogP contribution is -2.30. The van der Waals surface area contributed by atoms with Crippen molar-refractivity contribution in [3.05, 3.63) is 78.5 Å². The van der Waals surface area contributed by atoms with Crippen molar-refractivity contribution in [2.75, 3.05) is 13.1 Å². The minimum absolute atomic E-state index is 0.299. The molecule has 5 nitrogen and oxygen atoms in total. The van der Waals surface area contributed by atoms with Crippen LogP contribution in [0.3, 0.4) is 0 Å². The number of H-pyrrole nitrogens is 1. The Balaban J connectivity index is 1.21.